The third-order valence-corrected chi connectivity index (χ3v) is 3.16. The maximum Gasteiger partial charge on any atom is 0.254 e. The molecular formula is C14H17NO3. The lowest BCUT2D eigenvalue weighted by Gasteiger charge is -2.27. The number of nitrogens with zero attached hydrogens (tertiary/aromatic N) is 1. The predicted octanol–water partition coefficient (Wildman–Crippen LogP) is 1.67. The zero-order chi connectivity index (χ0) is 13.1. The molecule has 0 saturated carbocycles. The minimum absolute atomic E-state index is 0.0171. The lowest BCUT2D eigenvalue weighted by Crippen LogP contribution is -2.40. The smallest absolute Gasteiger partial charge is 0.254 e. The number of ether oxygens (including phenoxy) is 1. The van der Waals surface area contributed by atoms with Crippen LogP contribution in [0.3, 0.4) is 0 Å². The van der Waals surface area contributed by atoms with E-state index in [0.717, 1.165) is 5.56 Å². The van der Waals surface area contributed by atoms with E-state index in [0.29, 0.717) is 37.4 Å². The zero-order valence-corrected chi connectivity index (χ0v) is 10.7. The standard InChI is InChI=1S/C14H17NO3/c1-10-9-12(11(2)16)3-4-13(10)14(17)15-5-7-18-8-6-15/h3-4,9H,5-8H2,1-2H3. The van der Waals surface area contributed by atoms with E-state index in [1.807, 2.05) is 6.92 Å². The Morgan fingerprint density at radius 1 is 1.22 bits per heavy atom. The first-order chi connectivity index (χ1) is 8.59. The van der Waals surface area contributed by atoms with Crippen molar-refractivity contribution in [2.45, 2.75) is 13.8 Å². The van der Waals surface area contributed by atoms with Crippen molar-refractivity contribution < 1.29 is 14.3 Å². The quantitative estimate of drug-likeness (QED) is 0.747. The fourth-order valence-corrected chi connectivity index (χ4v) is 2.06. The molecule has 1 amide bonds. The number of ketones is 1. The Morgan fingerprint density at radius 3 is 2.44 bits per heavy atom. The average molecular weight is 247 g/mol. The maximum absolute atomic E-state index is 12.3. The minimum atomic E-state index is 0.0171. The third kappa shape index (κ3) is 2.59. The number of morpholine rings is 1. The molecule has 0 atom stereocenters. The number of aryl methyl sites for hydroxylation is 1. The van der Waals surface area contributed by atoms with Crippen LogP contribution in [-0.4, -0.2) is 42.9 Å². The molecule has 4 heteroatoms. The topological polar surface area (TPSA) is 46.6 Å². The summed E-state index contributed by atoms with van der Waals surface area (Å²) < 4.78 is 5.23. The summed E-state index contributed by atoms with van der Waals surface area (Å²) in [6.07, 6.45) is 0. The summed E-state index contributed by atoms with van der Waals surface area (Å²) in [5.41, 5.74) is 2.16. The Bertz CT molecular complexity index is 476. The summed E-state index contributed by atoms with van der Waals surface area (Å²) >= 11 is 0. The Morgan fingerprint density at radius 2 is 1.89 bits per heavy atom. The minimum Gasteiger partial charge on any atom is -0.378 e. The number of Topliss-reactive ketones (excluding diaryl/α,β-unsaturated/α-hetero) is 1. The molecule has 4 nitrogen and oxygen atoms in total. The van der Waals surface area contributed by atoms with E-state index in [9.17, 15) is 9.59 Å². The molecule has 1 aromatic rings. The molecule has 1 aliphatic heterocycles. The van der Waals surface area contributed by atoms with Crippen LogP contribution in [-0.2, 0) is 4.74 Å². The van der Waals surface area contributed by atoms with Crippen molar-refractivity contribution >= 4 is 11.7 Å². The number of hydrogen-bond acceptors (Lipinski definition) is 3. The van der Waals surface area contributed by atoms with Gasteiger partial charge in [0.1, 0.15) is 0 Å². The SMILES string of the molecule is CC(=O)c1ccc(C(=O)N2CCOCC2)c(C)c1. The van der Waals surface area contributed by atoms with Crippen LogP contribution < -0.4 is 0 Å². The van der Waals surface area contributed by atoms with Crippen LogP contribution in [0.4, 0.5) is 0 Å². The molecule has 1 aromatic carbocycles. The first kappa shape index (κ1) is 12.8. The molecule has 1 heterocycles. The number of carbonyl (C=O) groups excluding carboxylic acids is 2. The van der Waals surface area contributed by atoms with Crippen molar-refractivity contribution in [2.75, 3.05) is 26.3 Å². The molecule has 0 spiro atoms. The Labute approximate surface area is 107 Å². The van der Waals surface area contributed by atoms with Crippen molar-refractivity contribution in [1.82, 2.24) is 4.90 Å². The van der Waals surface area contributed by atoms with E-state index in [2.05, 4.69) is 0 Å². The molecule has 0 unspecified atom stereocenters. The van der Waals surface area contributed by atoms with Gasteiger partial charge in [-0.05, 0) is 31.5 Å². The second-order valence-corrected chi connectivity index (χ2v) is 4.49. The molecule has 1 fully saturated rings. The van der Waals surface area contributed by atoms with Crippen LogP contribution >= 0.6 is 0 Å². The Kier molecular flexibility index (Phi) is 3.77. The van der Waals surface area contributed by atoms with Gasteiger partial charge in [-0.25, -0.2) is 0 Å². The van der Waals surface area contributed by atoms with Gasteiger partial charge in [-0.1, -0.05) is 6.07 Å². The number of benzene rings is 1. The van der Waals surface area contributed by atoms with Crippen molar-refractivity contribution in [3.8, 4) is 0 Å². The van der Waals surface area contributed by atoms with Gasteiger partial charge in [0.15, 0.2) is 5.78 Å². The van der Waals surface area contributed by atoms with E-state index in [4.69, 9.17) is 4.74 Å². The normalized spacial score (nSPS) is 15.6. The second-order valence-electron chi connectivity index (χ2n) is 4.49. The fraction of sp³-hybridized carbons (Fsp3) is 0.429. The maximum atomic E-state index is 12.3. The molecule has 2 rings (SSSR count). The summed E-state index contributed by atoms with van der Waals surface area (Å²) in [5.74, 6) is 0.0365. The van der Waals surface area contributed by atoms with Gasteiger partial charge < -0.3 is 9.64 Å². The Hall–Kier alpha value is -1.68. The van der Waals surface area contributed by atoms with E-state index in [1.165, 1.54) is 6.92 Å². The summed E-state index contributed by atoms with van der Waals surface area (Å²) in [6.45, 7) is 5.84. The highest BCUT2D eigenvalue weighted by Crippen LogP contribution is 2.15. The number of amides is 1. The molecule has 0 bridgehead atoms. The summed E-state index contributed by atoms with van der Waals surface area (Å²) in [7, 11) is 0. The fourth-order valence-electron chi connectivity index (χ4n) is 2.06. The number of carbonyl (C=O) groups is 2. The third-order valence-electron chi connectivity index (χ3n) is 3.16. The number of rotatable bonds is 2. The zero-order valence-electron chi connectivity index (χ0n) is 10.7. The van der Waals surface area contributed by atoms with Gasteiger partial charge in [0.05, 0.1) is 13.2 Å². The summed E-state index contributed by atoms with van der Waals surface area (Å²) in [6, 6.07) is 5.23. The van der Waals surface area contributed by atoms with Crippen LogP contribution in [0.1, 0.15) is 33.2 Å². The van der Waals surface area contributed by atoms with E-state index in [-0.39, 0.29) is 11.7 Å². The molecule has 0 aliphatic carbocycles. The molecule has 0 N–H and O–H groups in total. The van der Waals surface area contributed by atoms with Gasteiger partial charge in [0.2, 0.25) is 0 Å². The predicted molar refractivity (Wildman–Crippen MR) is 67.9 cm³/mol. The van der Waals surface area contributed by atoms with E-state index in [1.54, 1.807) is 23.1 Å². The van der Waals surface area contributed by atoms with Crippen LogP contribution in [0.2, 0.25) is 0 Å². The monoisotopic (exact) mass is 247 g/mol. The van der Waals surface area contributed by atoms with Crippen LogP contribution in [0.25, 0.3) is 0 Å². The first-order valence-electron chi connectivity index (χ1n) is 6.08. The van der Waals surface area contributed by atoms with Gasteiger partial charge in [-0.2, -0.15) is 0 Å². The van der Waals surface area contributed by atoms with Gasteiger partial charge >= 0.3 is 0 Å². The highest BCUT2D eigenvalue weighted by Gasteiger charge is 2.20. The van der Waals surface area contributed by atoms with Crippen molar-refractivity contribution in [3.63, 3.8) is 0 Å². The molecule has 0 radical (unpaired) electrons. The van der Waals surface area contributed by atoms with Crippen molar-refractivity contribution in [2.24, 2.45) is 0 Å². The average Bonchev–Trinajstić information content (AvgIpc) is 2.38. The van der Waals surface area contributed by atoms with Gasteiger partial charge in [-0.3, -0.25) is 9.59 Å². The molecule has 1 aliphatic rings. The molecule has 0 aromatic heterocycles. The largest absolute Gasteiger partial charge is 0.378 e. The first-order valence-corrected chi connectivity index (χ1v) is 6.08. The van der Waals surface area contributed by atoms with E-state index < -0.39 is 0 Å². The Balaban J connectivity index is 2.22. The van der Waals surface area contributed by atoms with Crippen molar-refractivity contribution in [3.05, 3.63) is 34.9 Å². The van der Waals surface area contributed by atoms with Crippen LogP contribution in [0, 0.1) is 6.92 Å². The van der Waals surface area contributed by atoms with Crippen LogP contribution in [0.15, 0.2) is 18.2 Å². The number of hydrogen-bond donors (Lipinski definition) is 0. The van der Waals surface area contributed by atoms with Crippen molar-refractivity contribution in [1.29, 1.82) is 0 Å². The second kappa shape index (κ2) is 5.31. The molecular weight excluding hydrogens is 230 g/mol. The van der Waals surface area contributed by atoms with Gasteiger partial charge in [-0.15, -0.1) is 0 Å². The summed E-state index contributed by atoms with van der Waals surface area (Å²) in [5, 5.41) is 0. The highest BCUT2D eigenvalue weighted by molar-refractivity contribution is 5.99. The molecule has 96 valence electrons. The lowest BCUT2D eigenvalue weighted by molar-refractivity contribution is 0.0302. The van der Waals surface area contributed by atoms with Gasteiger partial charge in [0.25, 0.3) is 5.91 Å². The highest BCUT2D eigenvalue weighted by atomic mass is 16.5. The summed E-state index contributed by atoms with van der Waals surface area (Å²) in [4.78, 5) is 25.3. The van der Waals surface area contributed by atoms with Gasteiger partial charge in [0, 0.05) is 24.2 Å². The molecule has 18 heavy (non-hydrogen) atoms. The lowest BCUT2D eigenvalue weighted by atomic mass is 10.0. The molecule has 1 saturated heterocycles. The van der Waals surface area contributed by atoms with Crippen LogP contribution in [0.5, 0.6) is 0 Å². The van der Waals surface area contributed by atoms with E-state index >= 15 is 0 Å².